The van der Waals surface area contributed by atoms with Gasteiger partial charge in [0, 0.05) is 27.6 Å². The van der Waals surface area contributed by atoms with Gasteiger partial charge >= 0.3 is 0 Å². The SMILES string of the molecule is c1ccc(-c2nc(-c3ccccc3)nc(-c3cc4ccc5c(-c6ccccc6)noc5c4c4ccccc34)n2)cc1. The monoisotopic (exact) mass is 526 g/mol. The summed E-state index contributed by atoms with van der Waals surface area (Å²) in [6, 6.07) is 44.9. The van der Waals surface area contributed by atoms with Crippen molar-refractivity contribution in [2.45, 2.75) is 0 Å². The first-order chi connectivity index (χ1) is 20.3. The molecule has 0 N–H and O–H groups in total. The fraction of sp³-hybridized carbons (Fsp3) is 0. The van der Waals surface area contributed by atoms with E-state index in [1.54, 1.807) is 0 Å². The smallest absolute Gasteiger partial charge is 0.175 e. The van der Waals surface area contributed by atoms with Crippen molar-refractivity contribution in [1.82, 2.24) is 20.1 Å². The molecule has 8 rings (SSSR count). The molecule has 0 aliphatic carbocycles. The first-order valence-electron chi connectivity index (χ1n) is 13.5. The largest absolute Gasteiger partial charge is 0.355 e. The van der Waals surface area contributed by atoms with Crippen LogP contribution in [0.25, 0.3) is 77.9 Å². The lowest BCUT2D eigenvalue weighted by molar-refractivity contribution is 0.462. The van der Waals surface area contributed by atoms with Crippen LogP contribution in [0.5, 0.6) is 0 Å². The van der Waals surface area contributed by atoms with Gasteiger partial charge in [0.25, 0.3) is 0 Å². The van der Waals surface area contributed by atoms with E-state index in [4.69, 9.17) is 19.5 Å². The lowest BCUT2D eigenvalue weighted by atomic mass is 9.94. The molecule has 5 heteroatoms. The van der Waals surface area contributed by atoms with Crippen LogP contribution in [0.3, 0.4) is 0 Å². The number of nitrogens with zero attached hydrogens (tertiary/aromatic N) is 4. The first-order valence-corrected chi connectivity index (χ1v) is 13.5. The predicted molar refractivity (Wildman–Crippen MR) is 164 cm³/mol. The second-order valence-electron chi connectivity index (χ2n) is 9.95. The van der Waals surface area contributed by atoms with Gasteiger partial charge < -0.3 is 4.52 Å². The average molecular weight is 527 g/mol. The van der Waals surface area contributed by atoms with Crippen LogP contribution < -0.4 is 0 Å². The molecule has 0 spiro atoms. The van der Waals surface area contributed by atoms with Crippen LogP contribution in [0.4, 0.5) is 0 Å². The fourth-order valence-corrected chi connectivity index (χ4v) is 5.51. The van der Waals surface area contributed by atoms with Crippen LogP contribution in [0, 0.1) is 0 Å². The molecule has 192 valence electrons. The molecule has 0 atom stereocenters. The van der Waals surface area contributed by atoms with Crippen molar-refractivity contribution in [3.63, 3.8) is 0 Å². The summed E-state index contributed by atoms with van der Waals surface area (Å²) in [5.74, 6) is 1.90. The molecule has 0 bridgehead atoms. The van der Waals surface area contributed by atoms with Crippen LogP contribution >= 0.6 is 0 Å². The van der Waals surface area contributed by atoms with Gasteiger partial charge in [0.2, 0.25) is 0 Å². The minimum atomic E-state index is 0.624. The zero-order valence-corrected chi connectivity index (χ0v) is 21.9. The van der Waals surface area contributed by atoms with Gasteiger partial charge in [-0.1, -0.05) is 126 Å². The molecule has 0 aliphatic rings. The maximum atomic E-state index is 6.03. The van der Waals surface area contributed by atoms with Crippen molar-refractivity contribution in [2.75, 3.05) is 0 Å². The van der Waals surface area contributed by atoms with Crippen molar-refractivity contribution in [2.24, 2.45) is 0 Å². The Morgan fingerprint density at radius 1 is 0.439 bits per heavy atom. The van der Waals surface area contributed by atoms with E-state index in [2.05, 4.69) is 53.7 Å². The number of fused-ring (bicyclic) bond motifs is 5. The maximum absolute atomic E-state index is 6.03. The molecule has 6 aromatic carbocycles. The molecule has 0 aliphatic heterocycles. The quantitative estimate of drug-likeness (QED) is 0.214. The second kappa shape index (κ2) is 9.50. The number of aromatic nitrogens is 4. The second-order valence-corrected chi connectivity index (χ2v) is 9.95. The summed E-state index contributed by atoms with van der Waals surface area (Å²) in [5.41, 5.74) is 5.46. The molecule has 0 amide bonds. The van der Waals surface area contributed by atoms with Crippen molar-refractivity contribution >= 4 is 32.5 Å². The zero-order chi connectivity index (χ0) is 27.2. The van der Waals surface area contributed by atoms with Gasteiger partial charge in [0.15, 0.2) is 23.1 Å². The normalized spacial score (nSPS) is 11.4. The Hall–Kier alpha value is -5.68. The number of hydrogen-bond acceptors (Lipinski definition) is 5. The third kappa shape index (κ3) is 3.95. The van der Waals surface area contributed by atoms with Crippen LogP contribution in [0.2, 0.25) is 0 Å². The van der Waals surface area contributed by atoms with Gasteiger partial charge in [-0.25, -0.2) is 15.0 Å². The molecule has 8 aromatic rings. The predicted octanol–water partition coefficient (Wildman–Crippen LogP) is 8.99. The molecular weight excluding hydrogens is 504 g/mol. The Kier molecular flexibility index (Phi) is 5.38. The van der Waals surface area contributed by atoms with Gasteiger partial charge in [-0.3, -0.25) is 0 Å². The molecule has 0 radical (unpaired) electrons. The van der Waals surface area contributed by atoms with E-state index >= 15 is 0 Å². The number of benzene rings is 6. The van der Waals surface area contributed by atoms with Crippen LogP contribution in [-0.4, -0.2) is 20.1 Å². The number of hydrogen-bond donors (Lipinski definition) is 0. The first kappa shape index (κ1) is 23.2. The highest BCUT2D eigenvalue weighted by Crippen LogP contribution is 2.40. The van der Waals surface area contributed by atoms with E-state index in [1.807, 2.05) is 84.9 Å². The average Bonchev–Trinajstić information content (AvgIpc) is 3.50. The van der Waals surface area contributed by atoms with Crippen LogP contribution in [0.1, 0.15) is 0 Å². The van der Waals surface area contributed by atoms with Gasteiger partial charge in [0.1, 0.15) is 5.69 Å². The maximum Gasteiger partial charge on any atom is 0.175 e. The standard InChI is InChI=1S/C36H22N4O/c1-4-12-23(13-5-1)32-29-21-20-26-22-30(27-18-10-11-19-28(27)31(26)33(29)41-40-32)36-38-34(24-14-6-2-7-15-24)37-35(39-36)25-16-8-3-9-17-25/h1-22H. The topological polar surface area (TPSA) is 64.7 Å². The van der Waals surface area contributed by atoms with E-state index in [9.17, 15) is 0 Å². The molecular formula is C36H22N4O. The van der Waals surface area contributed by atoms with Gasteiger partial charge in [0.05, 0.1) is 5.39 Å². The Balaban J connectivity index is 1.40. The van der Waals surface area contributed by atoms with E-state index in [0.717, 1.165) is 60.5 Å². The summed E-state index contributed by atoms with van der Waals surface area (Å²) < 4.78 is 6.03. The van der Waals surface area contributed by atoms with Crippen molar-refractivity contribution in [3.05, 3.63) is 133 Å². The van der Waals surface area contributed by atoms with Gasteiger partial charge in [-0.05, 0) is 28.3 Å². The Labute approximate surface area is 235 Å². The molecule has 0 fully saturated rings. The van der Waals surface area contributed by atoms with Gasteiger partial charge in [-0.2, -0.15) is 0 Å². The Morgan fingerprint density at radius 3 is 1.61 bits per heavy atom. The van der Waals surface area contributed by atoms with Crippen LogP contribution in [0.15, 0.2) is 138 Å². The van der Waals surface area contributed by atoms with Gasteiger partial charge in [-0.15, -0.1) is 0 Å². The lowest BCUT2D eigenvalue weighted by Crippen LogP contribution is -2.00. The van der Waals surface area contributed by atoms with E-state index in [0.29, 0.717) is 17.5 Å². The van der Waals surface area contributed by atoms with Crippen molar-refractivity contribution in [3.8, 4) is 45.4 Å². The summed E-state index contributed by atoms with van der Waals surface area (Å²) in [6.07, 6.45) is 0. The lowest BCUT2D eigenvalue weighted by Gasteiger charge is -2.12. The highest BCUT2D eigenvalue weighted by Gasteiger charge is 2.19. The summed E-state index contributed by atoms with van der Waals surface area (Å²) in [6.45, 7) is 0. The fourth-order valence-electron chi connectivity index (χ4n) is 5.51. The molecule has 0 saturated carbocycles. The highest BCUT2D eigenvalue weighted by molar-refractivity contribution is 6.22. The van der Waals surface area contributed by atoms with E-state index in [1.165, 1.54) is 0 Å². The molecule has 0 saturated heterocycles. The Morgan fingerprint density at radius 2 is 0.976 bits per heavy atom. The summed E-state index contributed by atoms with van der Waals surface area (Å²) in [7, 11) is 0. The molecule has 41 heavy (non-hydrogen) atoms. The summed E-state index contributed by atoms with van der Waals surface area (Å²) >= 11 is 0. The third-order valence-corrected chi connectivity index (χ3v) is 7.45. The molecule has 2 heterocycles. The van der Waals surface area contributed by atoms with Crippen molar-refractivity contribution < 1.29 is 4.52 Å². The molecule has 5 nitrogen and oxygen atoms in total. The summed E-state index contributed by atoms with van der Waals surface area (Å²) in [4.78, 5) is 14.9. The highest BCUT2D eigenvalue weighted by atomic mass is 16.5. The zero-order valence-electron chi connectivity index (χ0n) is 21.9. The van der Waals surface area contributed by atoms with E-state index in [-0.39, 0.29) is 0 Å². The summed E-state index contributed by atoms with van der Waals surface area (Å²) in [5, 5.41) is 9.62. The van der Waals surface area contributed by atoms with E-state index < -0.39 is 0 Å². The van der Waals surface area contributed by atoms with Crippen LogP contribution in [-0.2, 0) is 0 Å². The Bertz CT molecular complexity index is 2130. The minimum Gasteiger partial charge on any atom is -0.355 e. The minimum absolute atomic E-state index is 0.624. The number of rotatable bonds is 4. The molecule has 2 aromatic heterocycles. The van der Waals surface area contributed by atoms with Crippen molar-refractivity contribution in [1.29, 1.82) is 0 Å². The molecule has 0 unspecified atom stereocenters. The third-order valence-electron chi connectivity index (χ3n) is 7.45.